The Morgan fingerprint density at radius 1 is 1.18 bits per heavy atom. The molecule has 1 aliphatic carbocycles. The summed E-state index contributed by atoms with van der Waals surface area (Å²) in [6.45, 7) is 0. The highest BCUT2D eigenvalue weighted by Crippen LogP contribution is 2.36. The largest absolute Gasteiger partial charge is 0.496 e. The third kappa shape index (κ3) is 4.02. The summed E-state index contributed by atoms with van der Waals surface area (Å²) >= 11 is 2.99. The van der Waals surface area contributed by atoms with Gasteiger partial charge in [0.05, 0.1) is 23.1 Å². The van der Waals surface area contributed by atoms with Crippen molar-refractivity contribution in [3.63, 3.8) is 0 Å². The summed E-state index contributed by atoms with van der Waals surface area (Å²) < 4.78 is 7.07. The van der Waals surface area contributed by atoms with E-state index in [4.69, 9.17) is 9.72 Å². The molecule has 4 aromatic rings. The number of thiophene rings is 1. The summed E-state index contributed by atoms with van der Waals surface area (Å²) in [7, 11) is 1.54. The molecule has 2 aromatic carbocycles. The normalized spacial score (nSPS) is 13.1. The molecule has 33 heavy (non-hydrogen) atoms. The molecule has 0 amide bonds. The molecule has 0 radical (unpaired) electrons. The van der Waals surface area contributed by atoms with Crippen LogP contribution in [0, 0.1) is 10.1 Å². The Hall–Kier alpha value is -3.17. The van der Waals surface area contributed by atoms with E-state index in [2.05, 4.69) is 0 Å². The molecular formula is C24H21N3O4S2. The first-order valence-corrected chi connectivity index (χ1v) is 12.4. The number of nitro groups is 1. The third-order valence-electron chi connectivity index (χ3n) is 5.80. The number of fused-ring (bicyclic) bond motifs is 3. The lowest BCUT2D eigenvalue weighted by atomic mass is 9.97. The van der Waals surface area contributed by atoms with Gasteiger partial charge in [0.15, 0.2) is 5.16 Å². The van der Waals surface area contributed by atoms with Crippen molar-refractivity contribution in [3.8, 4) is 11.4 Å². The number of hydrogen-bond donors (Lipinski definition) is 0. The van der Waals surface area contributed by atoms with Crippen molar-refractivity contribution in [2.75, 3.05) is 7.11 Å². The summed E-state index contributed by atoms with van der Waals surface area (Å²) in [5, 5.41) is 12.5. The number of nitrogens with zero attached hydrogens (tertiary/aromatic N) is 3. The van der Waals surface area contributed by atoms with Crippen molar-refractivity contribution in [3.05, 3.63) is 85.0 Å². The van der Waals surface area contributed by atoms with Crippen LogP contribution in [-0.4, -0.2) is 21.6 Å². The molecule has 9 heteroatoms. The standard InChI is InChI=1S/C24H21N3O4S2/c1-31-19-12-11-17(27(29)30)13-15(19)14-32-24-25-22-21(18-9-5-6-10-20(18)33-22)23(28)26(24)16-7-3-2-4-8-16/h2-4,7-8,11-13H,5-6,9-10,14H2,1H3. The Morgan fingerprint density at radius 2 is 1.97 bits per heavy atom. The van der Waals surface area contributed by atoms with Gasteiger partial charge in [0.2, 0.25) is 0 Å². The zero-order valence-corrected chi connectivity index (χ0v) is 19.6. The molecule has 0 saturated carbocycles. The number of thioether (sulfide) groups is 1. The molecule has 0 fully saturated rings. The number of aryl methyl sites for hydroxylation is 2. The predicted octanol–water partition coefficient (Wildman–Crippen LogP) is 5.54. The van der Waals surface area contributed by atoms with Gasteiger partial charge in [0.1, 0.15) is 10.6 Å². The van der Waals surface area contributed by atoms with Crippen LogP contribution in [0.5, 0.6) is 5.75 Å². The van der Waals surface area contributed by atoms with Crippen molar-refractivity contribution >= 4 is 39.0 Å². The molecule has 0 bridgehead atoms. The number of methoxy groups -OCH3 is 1. The van der Waals surface area contributed by atoms with Crippen LogP contribution in [-0.2, 0) is 18.6 Å². The number of hydrogen-bond acceptors (Lipinski definition) is 7. The number of nitro benzene ring substituents is 1. The Bertz CT molecular complexity index is 1410. The second-order valence-corrected chi connectivity index (χ2v) is 9.83. The van der Waals surface area contributed by atoms with Gasteiger partial charge in [-0.15, -0.1) is 11.3 Å². The molecule has 1 aliphatic rings. The maximum Gasteiger partial charge on any atom is 0.270 e. The molecule has 0 N–H and O–H groups in total. The van der Waals surface area contributed by atoms with Crippen LogP contribution in [0.1, 0.15) is 28.8 Å². The maximum atomic E-state index is 13.8. The lowest BCUT2D eigenvalue weighted by molar-refractivity contribution is -0.384. The van der Waals surface area contributed by atoms with Crippen LogP contribution in [0.25, 0.3) is 15.9 Å². The molecular weight excluding hydrogens is 458 g/mol. The molecule has 7 nitrogen and oxygen atoms in total. The molecule has 2 heterocycles. The Balaban J connectivity index is 1.63. The molecule has 168 valence electrons. The average Bonchev–Trinajstić information content (AvgIpc) is 3.21. The topological polar surface area (TPSA) is 87.3 Å². The molecule has 0 atom stereocenters. The smallest absolute Gasteiger partial charge is 0.270 e. The average molecular weight is 480 g/mol. The van der Waals surface area contributed by atoms with Crippen molar-refractivity contribution in [2.45, 2.75) is 36.6 Å². The molecule has 0 aliphatic heterocycles. The highest BCUT2D eigenvalue weighted by atomic mass is 32.2. The number of non-ortho nitro benzene ring substituents is 1. The minimum Gasteiger partial charge on any atom is -0.496 e. The molecule has 0 unspecified atom stereocenters. The van der Waals surface area contributed by atoms with E-state index in [1.807, 2.05) is 30.3 Å². The van der Waals surface area contributed by atoms with E-state index in [0.29, 0.717) is 22.2 Å². The minimum atomic E-state index is -0.423. The van der Waals surface area contributed by atoms with Crippen molar-refractivity contribution in [2.24, 2.45) is 0 Å². The highest BCUT2D eigenvalue weighted by molar-refractivity contribution is 7.98. The van der Waals surface area contributed by atoms with Gasteiger partial charge in [-0.25, -0.2) is 4.98 Å². The van der Waals surface area contributed by atoms with Crippen LogP contribution in [0.15, 0.2) is 58.5 Å². The summed E-state index contributed by atoms with van der Waals surface area (Å²) in [6, 6.07) is 14.0. The van der Waals surface area contributed by atoms with Crippen molar-refractivity contribution in [1.29, 1.82) is 0 Å². The first-order chi connectivity index (χ1) is 16.1. The van der Waals surface area contributed by atoms with Gasteiger partial charge >= 0.3 is 0 Å². The summed E-state index contributed by atoms with van der Waals surface area (Å²) in [5.74, 6) is 0.940. The van der Waals surface area contributed by atoms with Crippen LogP contribution in [0.2, 0.25) is 0 Å². The minimum absolute atomic E-state index is 0.00110. The second kappa shape index (κ2) is 8.99. The molecule has 0 saturated heterocycles. The molecule has 2 aromatic heterocycles. The predicted molar refractivity (Wildman–Crippen MR) is 131 cm³/mol. The third-order valence-corrected chi connectivity index (χ3v) is 7.98. The Morgan fingerprint density at radius 3 is 2.73 bits per heavy atom. The van der Waals surface area contributed by atoms with Crippen molar-refractivity contribution < 1.29 is 9.66 Å². The van der Waals surface area contributed by atoms with Crippen molar-refractivity contribution in [1.82, 2.24) is 9.55 Å². The van der Waals surface area contributed by atoms with Gasteiger partial charge < -0.3 is 4.74 Å². The Labute approximate surface area is 198 Å². The lowest BCUT2D eigenvalue weighted by Gasteiger charge is -2.14. The Kier molecular flexibility index (Phi) is 5.90. The van der Waals surface area contributed by atoms with Crippen LogP contribution >= 0.6 is 23.1 Å². The van der Waals surface area contributed by atoms with E-state index >= 15 is 0 Å². The van der Waals surface area contributed by atoms with Crippen LogP contribution in [0.3, 0.4) is 0 Å². The number of benzene rings is 2. The van der Waals surface area contributed by atoms with Crippen LogP contribution < -0.4 is 10.3 Å². The molecule has 5 rings (SSSR count). The van der Waals surface area contributed by atoms with Gasteiger partial charge in [-0.1, -0.05) is 30.0 Å². The van der Waals surface area contributed by atoms with E-state index in [9.17, 15) is 14.9 Å². The number of aromatic nitrogens is 2. The number of ether oxygens (including phenoxy) is 1. The fourth-order valence-corrected chi connectivity index (χ4v) is 6.51. The number of rotatable bonds is 6. The SMILES string of the molecule is COc1ccc([N+](=O)[O-])cc1CSc1nc2sc3c(c2c(=O)n1-c1ccccc1)CCCC3. The van der Waals surface area contributed by atoms with Gasteiger partial charge in [-0.2, -0.15) is 0 Å². The maximum absolute atomic E-state index is 13.8. The first kappa shape index (κ1) is 21.7. The van der Waals surface area contributed by atoms with Gasteiger partial charge in [-0.3, -0.25) is 19.5 Å². The van der Waals surface area contributed by atoms with E-state index < -0.39 is 4.92 Å². The van der Waals surface area contributed by atoms with E-state index in [1.165, 1.54) is 35.9 Å². The second-order valence-electron chi connectivity index (χ2n) is 7.80. The van der Waals surface area contributed by atoms with E-state index in [0.717, 1.165) is 47.2 Å². The first-order valence-electron chi connectivity index (χ1n) is 10.6. The van der Waals surface area contributed by atoms with E-state index in [1.54, 1.807) is 22.0 Å². The van der Waals surface area contributed by atoms with Gasteiger partial charge in [0.25, 0.3) is 11.2 Å². The monoisotopic (exact) mass is 479 g/mol. The molecule has 0 spiro atoms. The zero-order chi connectivity index (χ0) is 22.9. The quantitative estimate of drug-likeness (QED) is 0.156. The summed E-state index contributed by atoms with van der Waals surface area (Å²) in [5.41, 5.74) is 2.53. The number of para-hydroxylation sites is 1. The lowest BCUT2D eigenvalue weighted by Crippen LogP contribution is -2.22. The fourth-order valence-electron chi connectivity index (χ4n) is 4.22. The fraction of sp³-hybridized carbons (Fsp3) is 0.250. The highest BCUT2D eigenvalue weighted by Gasteiger charge is 2.23. The summed E-state index contributed by atoms with van der Waals surface area (Å²) in [6.07, 6.45) is 4.14. The van der Waals surface area contributed by atoms with E-state index in [-0.39, 0.29) is 11.2 Å². The van der Waals surface area contributed by atoms with Gasteiger partial charge in [-0.05, 0) is 49.4 Å². The summed E-state index contributed by atoms with van der Waals surface area (Å²) in [4.78, 5) is 31.5. The zero-order valence-electron chi connectivity index (χ0n) is 17.9. The van der Waals surface area contributed by atoms with Crippen LogP contribution in [0.4, 0.5) is 5.69 Å². The van der Waals surface area contributed by atoms with Gasteiger partial charge in [0, 0.05) is 28.3 Å².